The van der Waals surface area contributed by atoms with Crippen LogP contribution in [0.3, 0.4) is 0 Å². The van der Waals surface area contributed by atoms with E-state index >= 15 is 0 Å². The third kappa shape index (κ3) is 4.62. The Labute approximate surface area is 287 Å². The molecule has 0 amide bonds. The van der Waals surface area contributed by atoms with Gasteiger partial charge < -0.3 is 9.32 Å². The first-order valence-corrected chi connectivity index (χ1v) is 17.4. The molecule has 0 fully saturated rings. The van der Waals surface area contributed by atoms with Gasteiger partial charge in [-0.3, -0.25) is 0 Å². The Morgan fingerprint density at radius 3 is 2.00 bits per heavy atom. The molecule has 0 saturated carbocycles. The van der Waals surface area contributed by atoms with E-state index in [0.29, 0.717) is 0 Å². The van der Waals surface area contributed by atoms with Crippen molar-refractivity contribution >= 4 is 81.3 Å². The summed E-state index contributed by atoms with van der Waals surface area (Å²) in [5.41, 5.74) is 9.75. The second-order valence-electron chi connectivity index (χ2n) is 12.5. The van der Waals surface area contributed by atoms with Gasteiger partial charge in [0.15, 0.2) is 0 Å². The van der Waals surface area contributed by atoms with Gasteiger partial charge in [0.1, 0.15) is 11.2 Å². The van der Waals surface area contributed by atoms with Gasteiger partial charge in [-0.1, -0.05) is 115 Å². The van der Waals surface area contributed by atoms with Gasteiger partial charge in [0, 0.05) is 53.9 Å². The van der Waals surface area contributed by atoms with Crippen LogP contribution in [0, 0.1) is 0 Å². The van der Waals surface area contributed by atoms with Gasteiger partial charge in [-0.15, -0.1) is 11.3 Å². The van der Waals surface area contributed by atoms with Crippen LogP contribution in [0.2, 0.25) is 0 Å². The Bertz CT molecular complexity index is 2830. The van der Waals surface area contributed by atoms with Crippen molar-refractivity contribution in [1.29, 1.82) is 0 Å². The number of para-hydroxylation sites is 2. The molecular formula is C46H29NOS. The lowest BCUT2D eigenvalue weighted by Crippen LogP contribution is -2.11. The van der Waals surface area contributed by atoms with Crippen LogP contribution in [-0.2, 0) is 0 Å². The van der Waals surface area contributed by atoms with Crippen molar-refractivity contribution in [3.8, 4) is 22.3 Å². The normalized spacial score (nSPS) is 11.7. The Hall–Kier alpha value is -6.16. The third-order valence-corrected chi connectivity index (χ3v) is 10.8. The highest BCUT2D eigenvalue weighted by Gasteiger charge is 2.19. The van der Waals surface area contributed by atoms with E-state index in [9.17, 15) is 0 Å². The highest BCUT2D eigenvalue weighted by molar-refractivity contribution is 7.26. The summed E-state index contributed by atoms with van der Waals surface area (Å²) in [6.07, 6.45) is 0. The van der Waals surface area contributed by atoms with E-state index in [1.54, 1.807) is 0 Å². The minimum atomic E-state index is 0.876. The van der Waals surface area contributed by atoms with E-state index < -0.39 is 0 Å². The second-order valence-corrected chi connectivity index (χ2v) is 13.6. The topological polar surface area (TPSA) is 16.4 Å². The standard InChI is InChI=1S/C46H29NOS/c1-2-10-31(11-3-1)36-13-6-8-16-41(36)47(35-24-25-39-38-15-7-9-17-42(38)48-43(39)29-35)34-22-18-30(19-23-34)33-21-26-44-40(28-33)46-37-14-5-4-12-32(37)20-27-45(46)49-44/h1-29H. The maximum Gasteiger partial charge on any atom is 0.137 e. The van der Waals surface area contributed by atoms with Gasteiger partial charge in [-0.25, -0.2) is 0 Å². The highest BCUT2D eigenvalue weighted by atomic mass is 32.1. The fourth-order valence-corrected chi connectivity index (χ4v) is 8.44. The van der Waals surface area contributed by atoms with E-state index in [0.717, 1.165) is 39.0 Å². The summed E-state index contributed by atoms with van der Waals surface area (Å²) in [5, 5.41) is 7.51. The van der Waals surface area contributed by atoms with Gasteiger partial charge in [-0.2, -0.15) is 0 Å². The lowest BCUT2D eigenvalue weighted by Gasteiger charge is -2.28. The maximum atomic E-state index is 6.37. The smallest absolute Gasteiger partial charge is 0.137 e. The van der Waals surface area contributed by atoms with Crippen LogP contribution >= 0.6 is 11.3 Å². The van der Waals surface area contributed by atoms with Crippen LogP contribution in [0.15, 0.2) is 180 Å². The highest BCUT2D eigenvalue weighted by Crippen LogP contribution is 2.44. The zero-order valence-corrected chi connectivity index (χ0v) is 27.3. The Balaban J connectivity index is 1.12. The van der Waals surface area contributed by atoms with Crippen LogP contribution in [0.1, 0.15) is 0 Å². The summed E-state index contributed by atoms with van der Waals surface area (Å²) in [6, 6.07) is 63.2. The fourth-order valence-electron chi connectivity index (χ4n) is 7.34. The molecule has 0 bridgehead atoms. The number of fused-ring (bicyclic) bond motifs is 8. The lowest BCUT2D eigenvalue weighted by atomic mass is 9.99. The summed E-state index contributed by atoms with van der Waals surface area (Å²) >= 11 is 1.87. The predicted octanol–water partition coefficient (Wildman–Crippen LogP) is 13.9. The first-order valence-electron chi connectivity index (χ1n) is 16.6. The van der Waals surface area contributed by atoms with Gasteiger partial charge in [0.25, 0.3) is 0 Å². The molecule has 8 aromatic carbocycles. The average Bonchev–Trinajstić information content (AvgIpc) is 3.74. The zero-order chi connectivity index (χ0) is 32.3. The lowest BCUT2D eigenvalue weighted by molar-refractivity contribution is 0.669. The van der Waals surface area contributed by atoms with E-state index in [2.05, 4.69) is 169 Å². The molecule has 2 nitrogen and oxygen atoms in total. The fraction of sp³-hybridized carbons (Fsp3) is 0. The number of hydrogen-bond donors (Lipinski definition) is 0. The first kappa shape index (κ1) is 27.9. The van der Waals surface area contributed by atoms with Crippen molar-refractivity contribution in [3.63, 3.8) is 0 Å². The zero-order valence-electron chi connectivity index (χ0n) is 26.5. The largest absolute Gasteiger partial charge is 0.456 e. The third-order valence-electron chi connectivity index (χ3n) is 9.67. The van der Waals surface area contributed by atoms with Crippen molar-refractivity contribution in [2.45, 2.75) is 0 Å². The molecule has 0 radical (unpaired) electrons. The number of benzene rings is 8. The SMILES string of the molecule is c1ccc(-c2ccccc2N(c2ccc(-c3ccc4sc5ccc6ccccc6c5c4c3)cc2)c2ccc3c(c2)oc2ccccc23)cc1. The predicted molar refractivity (Wildman–Crippen MR) is 210 cm³/mol. The molecule has 2 aromatic heterocycles. The van der Waals surface area contributed by atoms with Gasteiger partial charge in [-0.05, 0) is 82.1 Å². The number of rotatable bonds is 5. The molecule has 10 rings (SSSR count). The summed E-state index contributed by atoms with van der Waals surface area (Å²) in [6.45, 7) is 0. The van der Waals surface area contributed by atoms with E-state index in [4.69, 9.17) is 4.42 Å². The maximum absolute atomic E-state index is 6.37. The van der Waals surface area contributed by atoms with Crippen molar-refractivity contribution < 1.29 is 4.42 Å². The minimum Gasteiger partial charge on any atom is -0.456 e. The number of anilines is 3. The summed E-state index contributed by atoms with van der Waals surface area (Å²) in [5.74, 6) is 0. The molecule has 3 heteroatoms. The molecule has 0 atom stereocenters. The van der Waals surface area contributed by atoms with Crippen LogP contribution < -0.4 is 4.90 Å². The molecule has 49 heavy (non-hydrogen) atoms. The van der Waals surface area contributed by atoms with E-state index in [-0.39, 0.29) is 0 Å². The molecule has 0 aliphatic carbocycles. The van der Waals surface area contributed by atoms with Crippen LogP contribution in [0.25, 0.3) is 75.1 Å². The molecule has 0 N–H and O–H groups in total. The van der Waals surface area contributed by atoms with Crippen molar-refractivity contribution in [1.82, 2.24) is 0 Å². The Morgan fingerprint density at radius 1 is 0.408 bits per heavy atom. The van der Waals surface area contributed by atoms with Crippen LogP contribution in [-0.4, -0.2) is 0 Å². The summed E-state index contributed by atoms with van der Waals surface area (Å²) < 4.78 is 9.01. The van der Waals surface area contributed by atoms with Gasteiger partial charge >= 0.3 is 0 Å². The van der Waals surface area contributed by atoms with Gasteiger partial charge in [0.2, 0.25) is 0 Å². The minimum absolute atomic E-state index is 0.876. The van der Waals surface area contributed by atoms with E-state index in [1.165, 1.54) is 53.2 Å². The molecule has 0 aliphatic rings. The molecule has 0 spiro atoms. The Kier molecular flexibility index (Phi) is 6.39. The van der Waals surface area contributed by atoms with Crippen LogP contribution in [0.5, 0.6) is 0 Å². The monoisotopic (exact) mass is 643 g/mol. The quantitative estimate of drug-likeness (QED) is 0.186. The average molecular weight is 644 g/mol. The van der Waals surface area contributed by atoms with Gasteiger partial charge in [0.05, 0.1) is 5.69 Å². The molecule has 230 valence electrons. The number of nitrogens with zero attached hydrogens (tertiary/aromatic N) is 1. The molecule has 10 aromatic rings. The molecule has 0 saturated heterocycles. The summed E-state index contributed by atoms with van der Waals surface area (Å²) in [4.78, 5) is 2.35. The second kappa shape index (κ2) is 11.2. The van der Waals surface area contributed by atoms with Crippen LogP contribution in [0.4, 0.5) is 17.1 Å². The number of furan rings is 1. The summed E-state index contributed by atoms with van der Waals surface area (Å²) in [7, 11) is 0. The molecule has 0 unspecified atom stereocenters. The Morgan fingerprint density at radius 2 is 1.10 bits per heavy atom. The van der Waals surface area contributed by atoms with Crippen molar-refractivity contribution in [3.05, 3.63) is 176 Å². The van der Waals surface area contributed by atoms with Crippen molar-refractivity contribution in [2.75, 3.05) is 4.90 Å². The first-order chi connectivity index (χ1) is 24.3. The number of hydrogen-bond acceptors (Lipinski definition) is 3. The molecule has 2 heterocycles. The van der Waals surface area contributed by atoms with Crippen molar-refractivity contribution in [2.24, 2.45) is 0 Å². The van der Waals surface area contributed by atoms with E-state index in [1.807, 2.05) is 23.5 Å². The molecule has 0 aliphatic heterocycles. The number of thiophene rings is 1. The molecular weight excluding hydrogens is 615 g/mol.